The first-order chi connectivity index (χ1) is 20.2. The number of carbonyl (C=O) groups is 3. The van der Waals surface area contributed by atoms with Crippen LogP contribution in [0, 0.1) is 23.5 Å². The number of fused-ring (bicyclic) bond motifs is 1. The molecule has 2 atom stereocenters. The molecule has 3 N–H and O–H groups in total. The Morgan fingerprint density at radius 3 is 2.71 bits per heavy atom. The van der Waals surface area contributed by atoms with Crippen LogP contribution in [0.2, 0.25) is 0 Å². The number of imide groups is 1. The summed E-state index contributed by atoms with van der Waals surface area (Å²) in [4.78, 5) is 41.2. The van der Waals surface area contributed by atoms with Gasteiger partial charge in [0.15, 0.2) is 17.4 Å². The number of hydrogen-bond acceptors (Lipinski definition) is 7. The Hall–Kier alpha value is -4.70. The van der Waals surface area contributed by atoms with Crippen molar-refractivity contribution in [2.45, 2.75) is 32.5 Å². The average Bonchev–Trinajstić information content (AvgIpc) is 3.29. The van der Waals surface area contributed by atoms with Crippen LogP contribution in [0.1, 0.15) is 40.9 Å². The lowest BCUT2D eigenvalue weighted by atomic mass is 10.1. The second kappa shape index (κ2) is 13.3. The highest BCUT2D eigenvalue weighted by atomic mass is 19.1. The third kappa shape index (κ3) is 6.44. The molecule has 2 aliphatic heterocycles. The molecular formula is C29H32F2N6O5. The number of oxime groups is 1. The predicted octanol–water partition coefficient (Wildman–Crippen LogP) is 1.97. The van der Waals surface area contributed by atoms with Gasteiger partial charge in [-0.3, -0.25) is 19.8 Å². The predicted molar refractivity (Wildman–Crippen MR) is 149 cm³/mol. The monoisotopic (exact) mass is 582 g/mol. The molecule has 0 aliphatic carbocycles. The van der Waals surface area contributed by atoms with Crippen molar-refractivity contribution in [2.24, 2.45) is 5.16 Å². The quantitative estimate of drug-likeness (QED) is 0.114. The van der Waals surface area contributed by atoms with Crippen LogP contribution in [-0.4, -0.2) is 96.0 Å². The van der Waals surface area contributed by atoms with E-state index < -0.39 is 29.6 Å². The first-order valence-corrected chi connectivity index (χ1v) is 13.4. The van der Waals surface area contributed by atoms with Gasteiger partial charge < -0.3 is 25.1 Å². The SMILES string of the molecule is CCN1CCN(/C(=N\O)c2ccc(C#C[C@H](CN3Cc4ccc(OC)c(F)c4C3=O)NC(=O)NC=O)cc2F)[C@@H](C)C1. The summed E-state index contributed by atoms with van der Waals surface area (Å²) in [6.07, 6.45) is 0.190. The maximum atomic E-state index is 15.3. The number of nitrogens with zero attached hydrogens (tertiary/aromatic N) is 4. The first kappa shape index (κ1) is 30.3. The molecule has 0 spiro atoms. The second-order valence-corrected chi connectivity index (χ2v) is 9.91. The standard InChI is InChI=1S/C29H32F2N6O5/c1-4-35-11-12-37(18(2)14-35)27(34-41)22-9-6-19(13-23(22)30)5-8-21(33-29(40)32-17-38)16-36-15-20-7-10-24(42-3)26(31)25(20)28(36)39/h6-7,9-10,13,17-18,21,41H,4,11-12,14-16H2,1-3H3,(H2,32,33,38,40)/b34-27-/t18-,21+/m0/s1. The van der Waals surface area contributed by atoms with Crippen molar-refractivity contribution in [3.8, 4) is 17.6 Å². The van der Waals surface area contributed by atoms with Crippen molar-refractivity contribution in [2.75, 3.05) is 39.8 Å². The number of amides is 4. The van der Waals surface area contributed by atoms with E-state index in [9.17, 15) is 24.0 Å². The molecule has 2 heterocycles. The molecule has 0 unspecified atom stereocenters. The largest absolute Gasteiger partial charge is 0.494 e. The summed E-state index contributed by atoms with van der Waals surface area (Å²) in [7, 11) is 1.30. The fourth-order valence-corrected chi connectivity index (χ4v) is 5.15. The smallest absolute Gasteiger partial charge is 0.322 e. The second-order valence-electron chi connectivity index (χ2n) is 9.91. The number of amidine groups is 1. The average molecular weight is 583 g/mol. The van der Waals surface area contributed by atoms with Gasteiger partial charge in [0.2, 0.25) is 6.41 Å². The van der Waals surface area contributed by atoms with E-state index in [0.717, 1.165) is 19.6 Å². The van der Waals surface area contributed by atoms with Crippen LogP contribution < -0.4 is 15.4 Å². The van der Waals surface area contributed by atoms with Crippen LogP contribution in [0.5, 0.6) is 5.75 Å². The topological polar surface area (TPSA) is 127 Å². The summed E-state index contributed by atoms with van der Waals surface area (Å²) >= 11 is 0. The van der Waals surface area contributed by atoms with E-state index in [1.165, 1.54) is 30.2 Å². The van der Waals surface area contributed by atoms with Gasteiger partial charge >= 0.3 is 6.03 Å². The van der Waals surface area contributed by atoms with Gasteiger partial charge in [-0.25, -0.2) is 13.6 Å². The molecule has 0 bridgehead atoms. The molecule has 1 fully saturated rings. The van der Waals surface area contributed by atoms with Gasteiger partial charge in [-0.1, -0.05) is 30.0 Å². The number of rotatable bonds is 7. The van der Waals surface area contributed by atoms with Gasteiger partial charge in [0, 0.05) is 37.8 Å². The normalized spacial score (nSPS) is 17.7. The summed E-state index contributed by atoms with van der Waals surface area (Å²) in [5.41, 5.74) is 0.694. The minimum Gasteiger partial charge on any atom is -0.494 e. The molecule has 2 aromatic carbocycles. The Morgan fingerprint density at radius 2 is 2.07 bits per heavy atom. The zero-order chi connectivity index (χ0) is 30.4. The molecule has 11 nitrogen and oxygen atoms in total. The molecule has 42 heavy (non-hydrogen) atoms. The zero-order valence-electron chi connectivity index (χ0n) is 23.5. The van der Waals surface area contributed by atoms with Crippen LogP contribution in [0.25, 0.3) is 0 Å². The number of piperazine rings is 1. The van der Waals surface area contributed by atoms with Crippen LogP contribution >= 0.6 is 0 Å². The lowest BCUT2D eigenvalue weighted by Gasteiger charge is -2.40. The fraction of sp³-hybridized carbons (Fsp3) is 0.379. The minimum atomic E-state index is -0.999. The van der Waals surface area contributed by atoms with Crippen molar-refractivity contribution >= 4 is 24.2 Å². The summed E-state index contributed by atoms with van der Waals surface area (Å²) in [6, 6.07) is 5.35. The molecule has 2 aromatic rings. The van der Waals surface area contributed by atoms with Crippen molar-refractivity contribution in [3.05, 3.63) is 64.2 Å². The zero-order valence-corrected chi connectivity index (χ0v) is 23.5. The van der Waals surface area contributed by atoms with Crippen LogP contribution in [-0.2, 0) is 11.3 Å². The number of hydrogen-bond donors (Lipinski definition) is 3. The van der Waals surface area contributed by atoms with Gasteiger partial charge in [-0.2, -0.15) is 0 Å². The van der Waals surface area contributed by atoms with E-state index >= 15 is 4.39 Å². The highest BCUT2D eigenvalue weighted by Gasteiger charge is 2.33. The molecule has 222 valence electrons. The number of ether oxygens (including phenoxy) is 1. The Kier molecular flexibility index (Phi) is 9.59. The van der Waals surface area contributed by atoms with Crippen molar-refractivity contribution in [3.63, 3.8) is 0 Å². The van der Waals surface area contributed by atoms with E-state index in [1.807, 2.05) is 17.1 Å². The number of halogens is 2. The number of likely N-dealkylation sites (N-methyl/N-ethyl adjacent to an activating group) is 1. The van der Waals surface area contributed by atoms with Gasteiger partial charge in [-0.05, 0) is 43.3 Å². The van der Waals surface area contributed by atoms with E-state index in [0.29, 0.717) is 12.1 Å². The molecule has 0 saturated carbocycles. The fourth-order valence-electron chi connectivity index (χ4n) is 5.15. The lowest BCUT2D eigenvalue weighted by molar-refractivity contribution is -0.108. The van der Waals surface area contributed by atoms with Crippen LogP contribution in [0.4, 0.5) is 13.6 Å². The third-order valence-corrected chi connectivity index (χ3v) is 7.30. The Bertz CT molecular complexity index is 1460. The molecule has 2 aliphatic rings. The molecule has 13 heteroatoms. The Labute approximate surface area is 242 Å². The lowest BCUT2D eigenvalue weighted by Crippen LogP contribution is -2.54. The van der Waals surface area contributed by atoms with Gasteiger partial charge in [-0.15, -0.1) is 0 Å². The number of methoxy groups -OCH3 is 1. The summed E-state index contributed by atoms with van der Waals surface area (Å²) in [5, 5.41) is 17.6. The van der Waals surface area contributed by atoms with E-state index in [-0.39, 0.29) is 53.8 Å². The summed E-state index contributed by atoms with van der Waals surface area (Å²) < 4.78 is 35.0. The van der Waals surface area contributed by atoms with E-state index in [1.54, 1.807) is 12.1 Å². The minimum absolute atomic E-state index is 0.00168. The molecule has 0 aromatic heterocycles. The number of nitrogens with one attached hydrogen (secondary N) is 2. The van der Waals surface area contributed by atoms with Gasteiger partial charge in [0.1, 0.15) is 11.9 Å². The van der Waals surface area contributed by atoms with Crippen molar-refractivity contribution in [1.29, 1.82) is 0 Å². The summed E-state index contributed by atoms with van der Waals surface area (Å²) in [6.45, 7) is 6.94. The molecule has 1 saturated heterocycles. The highest BCUT2D eigenvalue weighted by Crippen LogP contribution is 2.30. The Balaban J connectivity index is 1.54. The third-order valence-electron chi connectivity index (χ3n) is 7.30. The van der Waals surface area contributed by atoms with Crippen LogP contribution in [0.3, 0.4) is 0 Å². The number of carbonyl (C=O) groups excluding carboxylic acids is 3. The number of benzene rings is 2. The first-order valence-electron chi connectivity index (χ1n) is 13.4. The van der Waals surface area contributed by atoms with Gasteiger partial charge in [0.05, 0.1) is 24.8 Å². The molecule has 0 radical (unpaired) electrons. The van der Waals surface area contributed by atoms with Crippen molar-refractivity contribution in [1.82, 2.24) is 25.3 Å². The van der Waals surface area contributed by atoms with Crippen LogP contribution in [0.15, 0.2) is 35.5 Å². The maximum absolute atomic E-state index is 15.3. The van der Waals surface area contributed by atoms with Crippen molar-refractivity contribution < 1.29 is 33.1 Å². The highest BCUT2D eigenvalue weighted by molar-refractivity contribution is 5.99. The van der Waals surface area contributed by atoms with Gasteiger partial charge in [0.25, 0.3) is 5.91 Å². The Morgan fingerprint density at radius 1 is 1.29 bits per heavy atom. The maximum Gasteiger partial charge on any atom is 0.322 e. The number of urea groups is 1. The van der Waals surface area contributed by atoms with E-state index in [4.69, 9.17) is 4.74 Å². The molecule has 4 amide bonds. The molecular weight excluding hydrogens is 550 g/mol. The van der Waals surface area contributed by atoms with E-state index in [2.05, 4.69) is 34.1 Å². The molecule has 4 rings (SSSR count). The summed E-state index contributed by atoms with van der Waals surface area (Å²) in [5.74, 6) is 3.59.